The number of sulfonamides is 1. The van der Waals surface area contributed by atoms with Crippen LogP contribution in [0.1, 0.15) is 40.7 Å². The Morgan fingerprint density at radius 2 is 1.74 bits per heavy atom. The molecule has 184 valence electrons. The lowest BCUT2D eigenvalue weighted by atomic mass is 10.1. The van der Waals surface area contributed by atoms with Gasteiger partial charge in [-0.1, -0.05) is 30.7 Å². The lowest BCUT2D eigenvalue weighted by Crippen LogP contribution is -2.35. The highest BCUT2D eigenvalue weighted by Gasteiger charge is 2.27. The summed E-state index contributed by atoms with van der Waals surface area (Å²) in [5.41, 5.74) is 2.38. The van der Waals surface area contributed by atoms with E-state index in [0.29, 0.717) is 25.4 Å². The van der Waals surface area contributed by atoms with Crippen molar-refractivity contribution in [2.75, 3.05) is 46.5 Å². The van der Waals surface area contributed by atoms with Crippen molar-refractivity contribution in [3.05, 3.63) is 59.2 Å². The Morgan fingerprint density at radius 3 is 2.47 bits per heavy atom. The van der Waals surface area contributed by atoms with Crippen LogP contribution in [0.5, 0.6) is 5.75 Å². The summed E-state index contributed by atoms with van der Waals surface area (Å²) in [4.78, 5) is 15.5. The second kappa shape index (κ2) is 11.3. The molecule has 2 aliphatic heterocycles. The van der Waals surface area contributed by atoms with Crippen molar-refractivity contribution in [1.29, 1.82) is 0 Å². The van der Waals surface area contributed by atoms with Crippen LogP contribution in [0.4, 0.5) is 0 Å². The van der Waals surface area contributed by atoms with Crippen LogP contribution in [0.15, 0.2) is 47.4 Å². The third-order valence-corrected chi connectivity index (χ3v) is 8.22. The summed E-state index contributed by atoms with van der Waals surface area (Å²) in [6, 6.07) is 12.6. The van der Waals surface area contributed by atoms with Gasteiger partial charge in [-0.25, -0.2) is 8.42 Å². The van der Waals surface area contributed by atoms with Gasteiger partial charge < -0.3 is 14.8 Å². The molecule has 0 spiro atoms. The van der Waals surface area contributed by atoms with E-state index in [0.717, 1.165) is 57.7 Å². The Labute approximate surface area is 201 Å². The van der Waals surface area contributed by atoms with E-state index < -0.39 is 10.0 Å². The van der Waals surface area contributed by atoms with Crippen molar-refractivity contribution in [2.45, 2.75) is 37.2 Å². The number of hydrogen-bond acceptors (Lipinski definition) is 6. The third-order valence-electron chi connectivity index (χ3n) is 6.32. The fraction of sp³-hybridized carbons (Fsp3) is 0.480. The lowest BCUT2D eigenvalue weighted by molar-refractivity contribution is 0.0342. The number of amides is 1. The molecule has 0 unspecified atom stereocenters. The van der Waals surface area contributed by atoms with E-state index in [1.165, 1.54) is 29.1 Å². The molecule has 2 aromatic rings. The zero-order valence-corrected chi connectivity index (χ0v) is 20.5. The van der Waals surface area contributed by atoms with E-state index in [2.05, 4.69) is 22.3 Å². The molecule has 2 heterocycles. The zero-order chi connectivity index (χ0) is 24.0. The van der Waals surface area contributed by atoms with Crippen LogP contribution in [-0.2, 0) is 27.8 Å². The topological polar surface area (TPSA) is 88.2 Å². The summed E-state index contributed by atoms with van der Waals surface area (Å²) in [6.07, 6.45) is 2.75. The van der Waals surface area contributed by atoms with E-state index in [4.69, 9.17) is 9.47 Å². The average molecular weight is 488 g/mol. The number of morpholine rings is 1. The minimum atomic E-state index is -3.65. The molecule has 1 amide bonds. The van der Waals surface area contributed by atoms with Gasteiger partial charge in [-0.15, -0.1) is 0 Å². The molecule has 2 saturated heterocycles. The first kappa shape index (κ1) is 24.7. The number of carbonyl (C=O) groups excluding carboxylic acids is 1. The molecule has 1 N–H and O–H groups in total. The van der Waals surface area contributed by atoms with Gasteiger partial charge >= 0.3 is 0 Å². The normalized spacial score (nSPS) is 17.9. The van der Waals surface area contributed by atoms with Crippen LogP contribution in [-0.4, -0.2) is 70.0 Å². The second-order valence-corrected chi connectivity index (χ2v) is 10.7. The molecular formula is C25H33N3O5S. The highest BCUT2D eigenvalue weighted by Crippen LogP contribution is 2.26. The van der Waals surface area contributed by atoms with Crippen molar-refractivity contribution in [2.24, 2.45) is 0 Å². The molecule has 34 heavy (non-hydrogen) atoms. The number of nitrogens with zero attached hydrogens (tertiary/aromatic N) is 2. The van der Waals surface area contributed by atoms with Crippen LogP contribution < -0.4 is 10.1 Å². The van der Waals surface area contributed by atoms with Crippen molar-refractivity contribution in [1.82, 2.24) is 14.5 Å². The minimum absolute atomic E-state index is 0.118. The Morgan fingerprint density at radius 1 is 1.00 bits per heavy atom. The molecule has 2 aromatic carbocycles. The van der Waals surface area contributed by atoms with Crippen LogP contribution in [0.3, 0.4) is 0 Å². The first-order valence-corrected chi connectivity index (χ1v) is 13.3. The average Bonchev–Trinajstić information content (AvgIpc) is 2.88. The Kier molecular flexibility index (Phi) is 8.20. The maximum atomic E-state index is 13.1. The van der Waals surface area contributed by atoms with Gasteiger partial charge in [0.1, 0.15) is 5.75 Å². The standard InChI is InChI=1S/C25H33N3O5S/c1-32-24-9-8-22(34(30,31)28-10-3-2-4-11-28)17-23(24)25(29)26-18-20-6-5-7-21(16-20)19-27-12-14-33-15-13-27/h5-9,16-17H,2-4,10-15,18-19H2,1H3,(H,26,29). The minimum Gasteiger partial charge on any atom is -0.496 e. The van der Waals surface area contributed by atoms with E-state index in [9.17, 15) is 13.2 Å². The first-order valence-electron chi connectivity index (χ1n) is 11.8. The van der Waals surface area contributed by atoms with Crippen molar-refractivity contribution in [3.63, 3.8) is 0 Å². The molecule has 0 aromatic heterocycles. The van der Waals surface area contributed by atoms with E-state index in [1.54, 1.807) is 6.07 Å². The van der Waals surface area contributed by atoms with Gasteiger partial charge in [-0.05, 0) is 42.2 Å². The van der Waals surface area contributed by atoms with Gasteiger partial charge in [-0.3, -0.25) is 9.69 Å². The zero-order valence-electron chi connectivity index (χ0n) is 19.7. The summed E-state index contributed by atoms with van der Waals surface area (Å²) in [7, 11) is -2.17. The molecule has 2 aliphatic rings. The molecule has 0 radical (unpaired) electrons. The largest absolute Gasteiger partial charge is 0.496 e. The molecule has 0 saturated carbocycles. The smallest absolute Gasteiger partial charge is 0.255 e. The Hall–Kier alpha value is -2.46. The number of piperidine rings is 1. The van der Waals surface area contributed by atoms with Crippen LogP contribution in [0, 0.1) is 0 Å². The number of hydrogen-bond donors (Lipinski definition) is 1. The summed E-state index contributed by atoms with van der Waals surface area (Å²) < 4.78 is 38.4. The van der Waals surface area contributed by atoms with Crippen LogP contribution in [0.25, 0.3) is 0 Å². The monoisotopic (exact) mass is 487 g/mol. The molecular weight excluding hydrogens is 454 g/mol. The molecule has 9 heteroatoms. The number of benzene rings is 2. The van der Waals surface area contributed by atoms with E-state index >= 15 is 0 Å². The van der Waals surface area contributed by atoms with Crippen LogP contribution in [0.2, 0.25) is 0 Å². The number of ether oxygens (including phenoxy) is 2. The molecule has 0 aliphatic carbocycles. The van der Waals surface area contributed by atoms with Gasteiger partial charge in [0.2, 0.25) is 10.0 Å². The second-order valence-electron chi connectivity index (χ2n) is 8.72. The molecule has 0 atom stereocenters. The summed E-state index contributed by atoms with van der Waals surface area (Å²) in [5, 5.41) is 2.92. The van der Waals surface area contributed by atoms with Crippen molar-refractivity contribution < 1.29 is 22.7 Å². The highest BCUT2D eigenvalue weighted by atomic mass is 32.2. The number of carbonyl (C=O) groups is 1. The highest BCUT2D eigenvalue weighted by molar-refractivity contribution is 7.89. The Bertz CT molecular complexity index is 1090. The van der Waals surface area contributed by atoms with Crippen LogP contribution >= 0.6 is 0 Å². The molecule has 0 bridgehead atoms. The summed E-state index contributed by atoms with van der Waals surface area (Å²) in [6.45, 7) is 5.54. The fourth-order valence-electron chi connectivity index (χ4n) is 4.41. The maximum Gasteiger partial charge on any atom is 0.255 e. The quantitative estimate of drug-likeness (QED) is 0.616. The number of nitrogens with one attached hydrogen (secondary N) is 1. The van der Waals surface area contributed by atoms with Gasteiger partial charge in [0, 0.05) is 39.3 Å². The summed E-state index contributed by atoms with van der Waals surface area (Å²) >= 11 is 0. The van der Waals surface area contributed by atoms with Gasteiger partial charge in [-0.2, -0.15) is 4.31 Å². The Balaban J connectivity index is 1.45. The lowest BCUT2D eigenvalue weighted by Gasteiger charge is -2.26. The van der Waals surface area contributed by atoms with Crippen molar-refractivity contribution in [3.8, 4) is 5.75 Å². The van der Waals surface area contributed by atoms with Gasteiger partial charge in [0.25, 0.3) is 5.91 Å². The van der Waals surface area contributed by atoms with Gasteiger partial charge in [0.05, 0.1) is 30.8 Å². The van der Waals surface area contributed by atoms with E-state index in [1.807, 2.05) is 12.1 Å². The summed E-state index contributed by atoms with van der Waals surface area (Å²) in [5.74, 6) is -0.0257. The first-order chi connectivity index (χ1) is 16.5. The van der Waals surface area contributed by atoms with Gasteiger partial charge in [0.15, 0.2) is 0 Å². The molecule has 4 rings (SSSR count). The SMILES string of the molecule is COc1ccc(S(=O)(=O)N2CCCCC2)cc1C(=O)NCc1cccc(CN2CCOCC2)c1. The predicted molar refractivity (Wildman–Crippen MR) is 129 cm³/mol. The number of rotatable bonds is 8. The predicted octanol–water partition coefficient (Wildman–Crippen LogP) is 2.63. The van der Waals surface area contributed by atoms with Crippen molar-refractivity contribution >= 4 is 15.9 Å². The third kappa shape index (κ3) is 5.96. The molecule has 8 nitrogen and oxygen atoms in total. The number of methoxy groups -OCH3 is 1. The molecule has 2 fully saturated rings. The van der Waals surface area contributed by atoms with E-state index in [-0.39, 0.29) is 16.4 Å². The maximum absolute atomic E-state index is 13.1. The fourth-order valence-corrected chi connectivity index (χ4v) is 5.96.